The van der Waals surface area contributed by atoms with Crippen LogP contribution in [0.4, 0.5) is 4.79 Å². The number of nitrogens with one attached hydrogen (secondary N) is 1. The normalized spacial score (nSPS) is 18.6. The summed E-state index contributed by atoms with van der Waals surface area (Å²) in [4.78, 5) is 15.1. The highest BCUT2D eigenvalue weighted by Gasteiger charge is 2.25. The summed E-state index contributed by atoms with van der Waals surface area (Å²) in [5, 5.41) is 2.94. The molecule has 0 aliphatic carbocycles. The lowest BCUT2D eigenvalue weighted by atomic mass is 10.1. The van der Waals surface area contributed by atoms with Crippen molar-refractivity contribution in [2.45, 2.75) is 13.0 Å². The number of nitrogens with zero attached hydrogens (tertiary/aromatic N) is 2. The number of urea groups is 1. The Bertz CT molecular complexity index is 166. The average molecular weight is 171 g/mol. The van der Waals surface area contributed by atoms with Crippen LogP contribution in [0.1, 0.15) is 6.92 Å². The van der Waals surface area contributed by atoms with Gasteiger partial charge in [0.2, 0.25) is 0 Å². The molecule has 1 fully saturated rings. The molecule has 4 heteroatoms. The van der Waals surface area contributed by atoms with E-state index < -0.39 is 0 Å². The summed E-state index contributed by atoms with van der Waals surface area (Å²) in [5.41, 5.74) is 0. The molecule has 70 valence electrons. The molecule has 2 amide bonds. The molecule has 0 radical (unpaired) electrons. The van der Waals surface area contributed by atoms with Gasteiger partial charge >= 0.3 is 6.03 Å². The zero-order valence-electron chi connectivity index (χ0n) is 8.00. The van der Waals surface area contributed by atoms with Crippen molar-refractivity contribution in [2.75, 3.05) is 33.7 Å². The third-order valence-electron chi connectivity index (χ3n) is 2.21. The van der Waals surface area contributed by atoms with Gasteiger partial charge in [-0.3, -0.25) is 0 Å². The molecule has 0 aromatic carbocycles. The molecule has 1 heterocycles. The molecule has 0 unspecified atom stereocenters. The minimum Gasteiger partial charge on any atom is -0.333 e. The van der Waals surface area contributed by atoms with Gasteiger partial charge in [-0.05, 0) is 14.0 Å². The molecule has 12 heavy (non-hydrogen) atoms. The minimum atomic E-state index is 0.0376. The molecule has 1 rings (SSSR count). The van der Waals surface area contributed by atoms with Gasteiger partial charge in [-0.25, -0.2) is 4.79 Å². The summed E-state index contributed by atoms with van der Waals surface area (Å²) in [6.45, 7) is 4.67. The van der Waals surface area contributed by atoms with E-state index in [4.69, 9.17) is 0 Å². The van der Waals surface area contributed by atoms with E-state index in [1.165, 1.54) is 0 Å². The average Bonchev–Trinajstić information content (AvgIpc) is 2.00. The summed E-state index contributed by atoms with van der Waals surface area (Å²) in [6.07, 6.45) is 0. The number of carbonyl (C=O) groups is 1. The van der Waals surface area contributed by atoms with Crippen LogP contribution in [0.3, 0.4) is 0 Å². The monoisotopic (exact) mass is 171 g/mol. The maximum atomic E-state index is 11.3. The summed E-state index contributed by atoms with van der Waals surface area (Å²) >= 11 is 0. The Balaban J connectivity index is 2.18. The SMILES string of the molecule is CCN(C)C(=O)NC1CN(C)C1. The third-order valence-corrected chi connectivity index (χ3v) is 2.21. The van der Waals surface area contributed by atoms with Crippen molar-refractivity contribution in [3.05, 3.63) is 0 Å². The number of hydrogen-bond acceptors (Lipinski definition) is 2. The topological polar surface area (TPSA) is 35.6 Å². The zero-order chi connectivity index (χ0) is 9.14. The number of likely N-dealkylation sites (N-methyl/N-ethyl adjacent to an activating group) is 1. The maximum absolute atomic E-state index is 11.3. The lowest BCUT2D eigenvalue weighted by Gasteiger charge is -2.37. The van der Waals surface area contributed by atoms with Gasteiger partial charge in [0.15, 0.2) is 0 Å². The first kappa shape index (κ1) is 9.32. The fourth-order valence-electron chi connectivity index (χ4n) is 1.22. The highest BCUT2D eigenvalue weighted by atomic mass is 16.2. The van der Waals surface area contributed by atoms with Crippen molar-refractivity contribution in [1.29, 1.82) is 0 Å². The van der Waals surface area contributed by atoms with Gasteiger partial charge in [0.1, 0.15) is 0 Å². The van der Waals surface area contributed by atoms with Crippen molar-refractivity contribution in [3.63, 3.8) is 0 Å². The predicted octanol–water partition coefficient (Wildman–Crippen LogP) is -0.0383. The molecule has 1 aliphatic rings. The largest absolute Gasteiger partial charge is 0.333 e. The predicted molar refractivity (Wildman–Crippen MR) is 48.1 cm³/mol. The summed E-state index contributed by atoms with van der Waals surface area (Å²) in [7, 11) is 3.85. The Morgan fingerprint density at radius 1 is 1.67 bits per heavy atom. The van der Waals surface area contributed by atoms with Crippen LogP contribution < -0.4 is 5.32 Å². The third kappa shape index (κ3) is 2.11. The van der Waals surface area contributed by atoms with Crippen LogP contribution in [-0.2, 0) is 0 Å². The molecule has 1 N–H and O–H groups in total. The van der Waals surface area contributed by atoms with Gasteiger partial charge in [0, 0.05) is 26.7 Å². The van der Waals surface area contributed by atoms with Crippen molar-refractivity contribution in [3.8, 4) is 0 Å². The molecular formula is C8H17N3O. The number of hydrogen-bond donors (Lipinski definition) is 1. The van der Waals surface area contributed by atoms with Crippen LogP contribution >= 0.6 is 0 Å². The molecule has 0 aromatic heterocycles. The Morgan fingerprint density at radius 3 is 2.67 bits per heavy atom. The molecule has 4 nitrogen and oxygen atoms in total. The van der Waals surface area contributed by atoms with Gasteiger partial charge in [-0.15, -0.1) is 0 Å². The highest BCUT2D eigenvalue weighted by Crippen LogP contribution is 2.03. The Hall–Kier alpha value is -0.770. The van der Waals surface area contributed by atoms with Gasteiger partial charge < -0.3 is 15.1 Å². The van der Waals surface area contributed by atoms with Gasteiger partial charge in [0.25, 0.3) is 0 Å². The summed E-state index contributed by atoms with van der Waals surface area (Å²) < 4.78 is 0. The molecule has 0 atom stereocenters. The molecule has 0 aromatic rings. The molecule has 0 spiro atoms. The number of carbonyl (C=O) groups excluding carboxylic acids is 1. The van der Waals surface area contributed by atoms with E-state index in [9.17, 15) is 4.79 Å². The zero-order valence-corrected chi connectivity index (χ0v) is 8.00. The lowest BCUT2D eigenvalue weighted by molar-refractivity contribution is 0.150. The quantitative estimate of drug-likeness (QED) is 0.633. The number of amides is 2. The van der Waals surface area contributed by atoms with Crippen LogP contribution in [0.25, 0.3) is 0 Å². The van der Waals surface area contributed by atoms with Crippen LogP contribution in [0.15, 0.2) is 0 Å². The molecule has 1 aliphatic heterocycles. The van der Waals surface area contributed by atoms with Gasteiger partial charge in [-0.2, -0.15) is 0 Å². The van der Waals surface area contributed by atoms with Crippen molar-refractivity contribution >= 4 is 6.03 Å². The van der Waals surface area contributed by atoms with Crippen LogP contribution in [0.5, 0.6) is 0 Å². The van der Waals surface area contributed by atoms with Crippen LogP contribution in [-0.4, -0.2) is 55.6 Å². The fraction of sp³-hybridized carbons (Fsp3) is 0.875. The van der Waals surface area contributed by atoms with E-state index in [-0.39, 0.29) is 6.03 Å². The Kier molecular flexibility index (Phi) is 2.92. The maximum Gasteiger partial charge on any atom is 0.317 e. The molecule has 1 saturated heterocycles. The van der Waals surface area contributed by atoms with Crippen molar-refractivity contribution in [1.82, 2.24) is 15.1 Å². The molecule has 0 bridgehead atoms. The Morgan fingerprint density at radius 2 is 2.25 bits per heavy atom. The van der Waals surface area contributed by atoms with E-state index in [1.807, 2.05) is 14.0 Å². The second-order valence-corrected chi connectivity index (χ2v) is 3.38. The second kappa shape index (κ2) is 3.76. The lowest BCUT2D eigenvalue weighted by Crippen LogP contribution is -2.59. The summed E-state index contributed by atoms with van der Waals surface area (Å²) in [6, 6.07) is 0.395. The van der Waals surface area contributed by atoms with E-state index >= 15 is 0 Å². The minimum absolute atomic E-state index is 0.0376. The van der Waals surface area contributed by atoms with Gasteiger partial charge in [0.05, 0.1) is 6.04 Å². The van der Waals surface area contributed by atoms with E-state index in [1.54, 1.807) is 11.9 Å². The smallest absolute Gasteiger partial charge is 0.317 e. The van der Waals surface area contributed by atoms with E-state index in [0.717, 1.165) is 19.6 Å². The van der Waals surface area contributed by atoms with E-state index in [2.05, 4.69) is 10.2 Å². The molecule has 0 saturated carbocycles. The van der Waals surface area contributed by atoms with Crippen molar-refractivity contribution in [2.24, 2.45) is 0 Å². The number of rotatable bonds is 2. The fourth-order valence-corrected chi connectivity index (χ4v) is 1.22. The standard InChI is InChI=1S/C8H17N3O/c1-4-11(3)8(12)9-7-5-10(2)6-7/h7H,4-6H2,1-3H3,(H,9,12). The van der Waals surface area contributed by atoms with Gasteiger partial charge in [-0.1, -0.05) is 0 Å². The van der Waals surface area contributed by atoms with Crippen LogP contribution in [0, 0.1) is 0 Å². The highest BCUT2D eigenvalue weighted by molar-refractivity contribution is 5.74. The van der Waals surface area contributed by atoms with E-state index in [0.29, 0.717) is 6.04 Å². The first-order valence-corrected chi connectivity index (χ1v) is 4.33. The second-order valence-electron chi connectivity index (χ2n) is 3.38. The summed E-state index contributed by atoms with van der Waals surface area (Å²) in [5.74, 6) is 0. The van der Waals surface area contributed by atoms with Crippen molar-refractivity contribution < 1.29 is 4.79 Å². The first-order chi connectivity index (χ1) is 5.63. The molecular weight excluding hydrogens is 154 g/mol. The van der Waals surface area contributed by atoms with Crippen LogP contribution in [0.2, 0.25) is 0 Å². The Labute approximate surface area is 73.5 Å². The number of likely N-dealkylation sites (tertiary alicyclic amines) is 1. The first-order valence-electron chi connectivity index (χ1n) is 4.33.